The zero-order valence-electron chi connectivity index (χ0n) is 37.1. The molecular formula is C56H50GeIrN2S-2. The van der Waals surface area contributed by atoms with E-state index in [0.29, 0.717) is 0 Å². The molecule has 0 unspecified atom stereocenters. The van der Waals surface area contributed by atoms with Crippen molar-refractivity contribution in [1.82, 2.24) is 9.97 Å². The van der Waals surface area contributed by atoms with Crippen LogP contribution in [-0.4, -0.2) is 23.2 Å². The van der Waals surface area contributed by atoms with Crippen LogP contribution in [0.4, 0.5) is 0 Å². The zero-order valence-corrected chi connectivity index (χ0v) is 40.4. The van der Waals surface area contributed by atoms with Crippen molar-refractivity contribution in [3.8, 4) is 55.9 Å². The van der Waals surface area contributed by atoms with Gasteiger partial charge in [0, 0.05) is 33.7 Å². The van der Waals surface area contributed by atoms with E-state index in [0.717, 1.165) is 58.5 Å². The fourth-order valence-electron chi connectivity index (χ4n) is 8.55. The summed E-state index contributed by atoms with van der Waals surface area (Å²) >= 11 is -0.143. The number of hydrogen-bond acceptors (Lipinski definition) is 3. The van der Waals surface area contributed by atoms with Crippen molar-refractivity contribution in [2.24, 2.45) is 5.92 Å². The Kier molecular flexibility index (Phi) is 12.5. The normalized spacial score (nSPS) is 13.6. The van der Waals surface area contributed by atoms with Gasteiger partial charge in [-0.15, -0.1) is 23.8 Å². The van der Waals surface area contributed by atoms with E-state index in [1.807, 2.05) is 24.3 Å². The van der Waals surface area contributed by atoms with Crippen LogP contribution in [0.5, 0.6) is 0 Å². The molecule has 0 spiro atoms. The number of rotatable bonds is 8. The van der Waals surface area contributed by atoms with Crippen molar-refractivity contribution >= 4 is 49.2 Å². The van der Waals surface area contributed by atoms with Gasteiger partial charge >= 0.3 is 177 Å². The SMILES string of the molecule is Cc1cc(-c2[c-]cc(-c3ccccc3)c(-c3ccccc3)c2)nc[c]1[Ge]([CH3])([CH3])[CH3].[2H]C([2H])(c1ccnc(-c2[c-]ccc3c2sc2cc(-c4ccccc4)ccc23)c1)C1CCCC1.[Ir]. The zero-order chi connectivity index (χ0) is 42.8. The first-order chi connectivity index (χ1) is 30.0. The first kappa shape index (κ1) is 40.1. The van der Waals surface area contributed by atoms with Crippen LogP contribution in [0.1, 0.15) is 39.6 Å². The van der Waals surface area contributed by atoms with Gasteiger partial charge in [0.1, 0.15) is 0 Å². The molecule has 0 bridgehead atoms. The van der Waals surface area contributed by atoms with Gasteiger partial charge in [-0.2, -0.15) is 11.3 Å². The van der Waals surface area contributed by atoms with Gasteiger partial charge in [-0.3, -0.25) is 0 Å². The Labute approximate surface area is 384 Å². The second-order valence-corrected chi connectivity index (χ2v) is 28.5. The van der Waals surface area contributed by atoms with Crippen molar-refractivity contribution in [2.75, 3.05) is 0 Å². The first-order valence-electron chi connectivity index (χ1n) is 22.1. The van der Waals surface area contributed by atoms with Gasteiger partial charge in [0.25, 0.3) is 0 Å². The van der Waals surface area contributed by atoms with Crippen LogP contribution in [0.2, 0.25) is 17.3 Å². The summed E-state index contributed by atoms with van der Waals surface area (Å²) in [6, 6.07) is 59.6. The molecule has 2 nitrogen and oxygen atoms in total. The molecule has 1 saturated carbocycles. The molecule has 0 atom stereocenters. The summed E-state index contributed by atoms with van der Waals surface area (Å²) in [6.45, 7) is 2.22. The van der Waals surface area contributed by atoms with Crippen molar-refractivity contribution in [1.29, 1.82) is 0 Å². The van der Waals surface area contributed by atoms with E-state index in [-0.39, 0.29) is 26.0 Å². The minimum absolute atomic E-state index is 0. The number of nitrogens with zero attached hydrogens (tertiary/aromatic N) is 2. The second-order valence-electron chi connectivity index (χ2n) is 16.9. The fourth-order valence-corrected chi connectivity index (χ4v) is 13.4. The Morgan fingerprint density at radius 2 is 1.34 bits per heavy atom. The van der Waals surface area contributed by atoms with E-state index in [1.165, 1.54) is 58.8 Å². The molecule has 0 N–H and O–H groups in total. The molecule has 0 amide bonds. The largest absolute Gasteiger partial charge is 0.305 e. The summed E-state index contributed by atoms with van der Waals surface area (Å²) in [5.41, 5.74) is 13.1. The first-order valence-corrected chi connectivity index (χ1v) is 29.2. The van der Waals surface area contributed by atoms with Gasteiger partial charge in [-0.05, 0) is 51.3 Å². The number of benzene rings is 6. The van der Waals surface area contributed by atoms with Crippen molar-refractivity contribution in [3.05, 3.63) is 187 Å². The minimum Gasteiger partial charge on any atom is -0.305 e. The molecule has 1 aliphatic rings. The van der Waals surface area contributed by atoms with E-state index in [1.54, 1.807) is 17.5 Å². The van der Waals surface area contributed by atoms with Crippen LogP contribution in [0, 0.1) is 25.0 Å². The third-order valence-electron chi connectivity index (χ3n) is 11.6. The van der Waals surface area contributed by atoms with E-state index >= 15 is 0 Å². The van der Waals surface area contributed by atoms with Crippen LogP contribution in [-0.2, 0) is 26.5 Å². The third kappa shape index (κ3) is 9.59. The van der Waals surface area contributed by atoms with Crippen LogP contribution in [0.25, 0.3) is 76.1 Å². The summed E-state index contributed by atoms with van der Waals surface area (Å²) in [6.07, 6.45) is 6.71. The quantitative estimate of drug-likeness (QED) is 0.112. The summed E-state index contributed by atoms with van der Waals surface area (Å²) in [5, 5.41) is 2.44. The smallest absolute Gasteiger partial charge is 0.0319 e. The van der Waals surface area contributed by atoms with Gasteiger partial charge in [0.15, 0.2) is 0 Å². The molecule has 3 aromatic heterocycles. The number of hydrogen-bond donors (Lipinski definition) is 0. The molecule has 61 heavy (non-hydrogen) atoms. The molecule has 0 aliphatic heterocycles. The number of aromatic nitrogens is 2. The Morgan fingerprint density at radius 1 is 0.672 bits per heavy atom. The summed E-state index contributed by atoms with van der Waals surface area (Å²) in [4.78, 5) is 9.47. The molecule has 1 fully saturated rings. The maximum absolute atomic E-state index is 8.81. The number of aryl methyl sites for hydroxylation is 1. The molecule has 5 heteroatoms. The van der Waals surface area contributed by atoms with Gasteiger partial charge in [0.05, 0.1) is 0 Å². The Balaban J connectivity index is 0.000000172. The van der Waals surface area contributed by atoms with Gasteiger partial charge in [0.2, 0.25) is 0 Å². The third-order valence-corrected chi connectivity index (χ3v) is 17.3. The summed E-state index contributed by atoms with van der Waals surface area (Å²) in [5.74, 6) is 7.33. The molecule has 305 valence electrons. The number of thiophene rings is 1. The Bertz CT molecular complexity index is 2990. The monoisotopic (exact) mass is 1050 g/mol. The molecule has 9 aromatic rings. The second kappa shape index (κ2) is 19.0. The predicted octanol–water partition coefficient (Wildman–Crippen LogP) is 15.1. The van der Waals surface area contributed by atoms with E-state index < -0.39 is 19.6 Å². The Hall–Kier alpha value is -4.97. The van der Waals surface area contributed by atoms with Crippen LogP contribution in [0.3, 0.4) is 0 Å². The minimum atomic E-state index is -1.91. The van der Waals surface area contributed by atoms with Gasteiger partial charge < -0.3 is 4.98 Å². The number of pyridine rings is 2. The summed E-state index contributed by atoms with van der Waals surface area (Å²) in [7, 11) is 0. The summed E-state index contributed by atoms with van der Waals surface area (Å²) < 4.78 is 21.5. The molecular weight excluding hydrogens is 998 g/mol. The van der Waals surface area contributed by atoms with E-state index in [2.05, 4.69) is 175 Å². The Morgan fingerprint density at radius 3 is 2.02 bits per heavy atom. The van der Waals surface area contributed by atoms with Crippen molar-refractivity contribution < 1.29 is 22.8 Å². The van der Waals surface area contributed by atoms with Crippen LogP contribution < -0.4 is 4.40 Å². The van der Waals surface area contributed by atoms with Gasteiger partial charge in [-0.25, -0.2) is 0 Å². The van der Waals surface area contributed by atoms with E-state index in [4.69, 9.17) is 7.73 Å². The molecule has 1 radical (unpaired) electrons. The maximum Gasteiger partial charge on any atom is 0.0319 e. The average molecular weight is 1050 g/mol. The standard InChI is InChI=1S/C29H24NS.C27H26GeN.Ir/c1-2-9-22(10-3-1)23-13-14-24-25-11-6-12-26(29(25)31-28(24)19-23)27-18-21(15-16-30-27)17-20-7-4-5-8-20;1-20-17-27(29-19-26(20)28(2,3)4)23-15-16-24(21-11-7-5-8-12-21)25(18-23)22-13-9-6-10-14-22;/h1-3,6,9-11,13-16,18-20H,4-5,7-8,17H2;5-14,16-19H,1-4H3;/q2*-1;/i17D2;;. The fraction of sp³-hybridized carbons (Fsp3) is 0.179. The van der Waals surface area contributed by atoms with Gasteiger partial charge in [-0.1, -0.05) is 85.2 Å². The molecule has 6 aromatic carbocycles. The maximum atomic E-state index is 8.81. The molecule has 3 heterocycles. The van der Waals surface area contributed by atoms with Crippen molar-refractivity contribution in [2.45, 2.75) is 56.2 Å². The van der Waals surface area contributed by atoms with E-state index in [9.17, 15) is 0 Å². The van der Waals surface area contributed by atoms with Crippen LogP contribution >= 0.6 is 11.3 Å². The predicted molar refractivity (Wildman–Crippen MR) is 260 cm³/mol. The average Bonchev–Trinajstić information content (AvgIpc) is 3.99. The molecule has 0 saturated heterocycles. The molecule has 1 aliphatic carbocycles. The molecule has 10 rings (SSSR count). The number of fused-ring (bicyclic) bond motifs is 3. The topological polar surface area (TPSA) is 25.8 Å². The van der Waals surface area contributed by atoms with Crippen LogP contribution in [0.15, 0.2) is 164 Å². The van der Waals surface area contributed by atoms with Crippen molar-refractivity contribution in [3.63, 3.8) is 0 Å².